The molecule has 20 nitrogen and oxygen atoms in total. The Morgan fingerprint density at radius 3 is 1.76 bits per heavy atom. The molecule has 0 saturated heterocycles. The minimum absolute atomic E-state index is 0. The van der Waals surface area contributed by atoms with Crippen LogP contribution in [-0.4, -0.2) is 86.6 Å². The van der Waals surface area contributed by atoms with Gasteiger partial charge in [-0.15, -0.1) is 0 Å². The number of benzene rings is 2. The molecule has 2 aromatic carbocycles. The van der Waals surface area contributed by atoms with E-state index < -0.39 is 9.85 Å². The van der Waals surface area contributed by atoms with Gasteiger partial charge in [-0.1, -0.05) is 105 Å². The molecule has 2 saturated carbocycles. The van der Waals surface area contributed by atoms with Crippen molar-refractivity contribution in [2.24, 2.45) is 26.3 Å². The van der Waals surface area contributed by atoms with E-state index in [0.29, 0.717) is 13.2 Å². The van der Waals surface area contributed by atoms with Crippen LogP contribution in [0.5, 0.6) is 0 Å². The fraction of sp³-hybridized carbons (Fsp3) is 0.346. The van der Waals surface area contributed by atoms with Crippen LogP contribution in [0.15, 0.2) is 135 Å². The standard InChI is InChI=1S/C29H37N2O2.2C9H6N4O4S.C5H10.Co.Fe/c1-5-29(2)25-12-8-9-13-26(25)31(4)27(29)19-16-22-14-17-24(18-15-22)30(3)20-21-33-28(32)23-10-6-7-11-23;2*14-5-1-2-6(7(15)3-5)11-12-9-10-4-8(18-9)13(16)17;1-2-4-5-3-1;;/h8-9,12-19,23H,5-7,10-11,20-21H2,1-4H3;2*1-4H,(H2,10,12,14,15);1-5H2;;/q+1;;;;;/p-2. The number of thiazole rings is 2. The number of hydrogen-bond donors (Lipinski definition) is 2. The molecule has 1 aliphatic heterocycles. The molecule has 9 rings (SSSR count). The van der Waals surface area contributed by atoms with Gasteiger partial charge < -0.3 is 40.0 Å². The number of aliphatic hydroxyl groups is 2. The number of nitrogens with zero attached hydrogens (tertiary/aromatic N) is 10. The van der Waals surface area contributed by atoms with Gasteiger partial charge in [-0.05, 0) is 74.3 Å². The summed E-state index contributed by atoms with van der Waals surface area (Å²) in [5.74, 6) is -1.21. The van der Waals surface area contributed by atoms with E-state index in [4.69, 9.17) is 4.74 Å². The zero-order valence-corrected chi connectivity index (χ0v) is 45.9. The van der Waals surface area contributed by atoms with E-state index in [0.717, 1.165) is 85.0 Å². The minimum Gasteiger partial charge on any atom is -0.506 e. The third-order valence-corrected chi connectivity index (χ3v) is 14.2. The first-order chi connectivity index (χ1) is 35.6. The largest absolute Gasteiger partial charge is 0.506 e. The Kier molecular flexibility index (Phi) is 24.3. The molecule has 5 aliphatic rings. The number of hydrogen-bond acceptors (Lipinski definition) is 17. The number of esters is 1. The molecule has 405 valence electrons. The molecule has 24 heteroatoms. The molecule has 2 aromatic heterocycles. The van der Waals surface area contributed by atoms with Crippen LogP contribution in [0.4, 0.5) is 21.4 Å². The van der Waals surface area contributed by atoms with Crippen molar-refractivity contribution in [1.82, 2.24) is 9.97 Å². The molecule has 4 aliphatic carbocycles. The molecule has 0 amide bonds. The maximum atomic E-state index is 12.1. The number of para-hydroxylation sites is 1. The van der Waals surface area contributed by atoms with Crippen LogP contribution < -0.4 is 24.5 Å². The van der Waals surface area contributed by atoms with Crippen LogP contribution in [0, 0.1) is 26.1 Å². The molecule has 2 fully saturated rings. The van der Waals surface area contributed by atoms with Crippen molar-refractivity contribution in [2.75, 3.05) is 32.1 Å². The predicted molar refractivity (Wildman–Crippen MR) is 284 cm³/mol. The average molecular weight is 1160 g/mol. The number of nitro groups is 2. The van der Waals surface area contributed by atoms with Gasteiger partial charge in [-0.2, -0.15) is 4.58 Å². The topological polar surface area (TPSA) is 271 Å². The summed E-state index contributed by atoms with van der Waals surface area (Å²) in [6.07, 6.45) is 26.5. The van der Waals surface area contributed by atoms with E-state index in [-0.39, 0.29) is 105 Å². The van der Waals surface area contributed by atoms with E-state index in [1.165, 1.54) is 78.9 Å². The number of rotatable bonds is 12. The van der Waals surface area contributed by atoms with Crippen LogP contribution in [0.2, 0.25) is 0 Å². The third kappa shape index (κ3) is 17.3. The molecule has 4 aromatic rings. The van der Waals surface area contributed by atoms with Crippen molar-refractivity contribution in [3.63, 3.8) is 0 Å². The summed E-state index contributed by atoms with van der Waals surface area (Å²) in [6.45, 7) is 5.74. The van der Waals surface area contributed by atoms with E-state index >= 15 is 0 Å². The monoisotopic (exact) mass is 1160 g/mol. The van der Waals surface area contributed by atoms with Crippen molar-refractivity contribution in [3.05, 3.63) is 156 Å². The molecule has 0 spiro atoms. The second-order valence-corrected chi connectivity index (χ2v) is 19.6. The molecular weight excluding hydrogens is 1100 g/mol. The molecule has 1 unspecified atom stereocenters. The minimum atomic E-state index is -0.583. The van der Waals surface area contributed by atoms with Crippen molar-refractivity contribution in [2.45, 2.75) is 83.5 Å². The zero-order valence-electron chi connectivity index (χ0n) is 42.1. The SMILES string of the molecule is C1CCCC1.CCC1(C)C(/C=C/c2ccc(N(C)CCOC(=O)C3CCCC3)cc2)=[N+](C)c2ccccc21.O=C1C=CC(=NN=c2[n-]cc([N+](=O)[O-])s2)C(O)=C1.O=C1C=CC(=NN=c2[n-]cc([N+](=O)[O-])s2)C(O)=C1.[Co].[Fe]. The fourth-order valence-electron chi connectivity index (χ4n) is 8.27. The number of carbonyl (C=O) groups excluding carboxylic acids is 3. The maximum absolute atomic E-state index is 12.1. The smallest absolute Gasteiger partial charge is 0.319 e. The van der Waals surface area contributed by atoms with Crippen molar-refractivity contribution in [1.29, 1.82) is 0 Å². The molecule has 2 N–H and O–H groups in total. The number of ether oxygens (including phenoxy) is 1. The Morgan fingerprint density at radius 2 is 1.30 bits per heavy atom. The van der Waals surface area contributed by atoms with Gasteiger partial charge in [0.25, 0.3) is 0 Å². The first-order valence-corrected chi connectivity index (χ1v) is 25.6. The molecular formula is C52H57CoFeN10O10S2-. The van der Waals surface area contributed by atoms with Crippen molar-refractivity contribution < 1.29 is 77.6 Å². The van der Waals surface area contributed by atoms with Gasteiger partial charge in [0.2, 0.25) is 5.69 Å². The molecule has 0 bridgehead atoms. The van der Waals surface area contributed by atoms with E-state index in [2.05, 4.69) is 121 Å². The second-order valence-electron chi connectivity index (χ2n) is 17.6. The van der Waals surface area contributed by atoms with Crippen LogP contribution in [0.1, 0.15) is 89.2 Å². The Labute approximate surface area is 467 Å². The Balaban J connectivity index is 0.000000247. The summed E-state index contributed by atoms with van der Waals surface area (Å²) in [6, 6.07) is 17.3. The molecule has 1 atom stereocenters. The van der Waals surface area contributed by atoms with E-state index in [1.807, 2.05) is 7.05 Å². The summed E-state index contributed by atoms with van der Waals surface area (Å²) in [5.41, 5.74) is 6.54. The van der Waals surface area contributed by atoms with Crippen LogP contribution in [0.3, 0.4) is 0 Å². The second kappa shape index (κ2) is 30.0. The summed E-state index contributed by atoms with van der Waals surface area (Å²) >= 11 is 1.51. The van der Waals surface area contributed by atoms with Gasteiger partial charge in [-0.25, -0.2) is 0 Å². The summed E-state index contributed by atoms with van der Waals surface area (Å²) in [5, 5.41) is 53.9. The van der Waals surface area contributed by atoms with Gasteiger partial charge in [0.15, 0.2) is 17.3 Å². The first-order valence-electron chi connectivity index (χ1n) is 24.0. The number of fused-ring (bicyclic) bond motifs is 1. The quantitative estimate of drug-likeness (QED) is 0.0336. The van der Waals surface area contributed by atoms with Crippen LogP contribution >= 0.6 is 22.7 Å². The Hall–Kier alpha value is -6.95. The predicted octanol–water partition coefficient (Wildman–Crippen LogP) is 8.81. The molecule has 1 radical (unpaired) electrons. The third-order valence-electron chi connectivity index (χ3n) is 12.6. The van der Waals surface area contributed by atoms with Crippen molar-refractivity contribution in [3.8, 4) is 0 Å². The molecule has 3 heterocycles. The summed E-state index contributed by atoms with van der Waals surface area (Å²) in [4.78, 5) is 63.2. The van der Waals surface area contributed by atoms with Gasteiger partial charge in [0, 0.05) is 98.4 Å². The van der Waals surface area contributed by atoms with Gasteiger partial charge in [0.1, 0.15) is 36.6 Å². The van der Waals surface area contributed by atoms with E-state index in [1.54, 1.807) is 0 Å². The van der Waals surface area contributed by atoms with Gasteiger partial charge >= 0.3 is 16.0 Å². The number of allylic oxidation sites excluding steroid dienone is 7. The maximum Gasteiger partial charge on any atom is 0.319 e. The summed E-state index contributed by atoms with van der Waals surface area (Å²) < 4.78 is 7.83. The van der Waals surface area contributed by atoms with Crippen LogP contribution in [0.25, 0.3) is 6.08 Å². The average Bonchev–Trinajstić information content (AvgIpc) is 4.27. The van der Waals surface area contributed by atoms with E-state index in [9.17, 15) is 44.8 Å². The van der Waals surface area contributed by atoms with Crippen LogP contribution in [-0.2, 0) is 58.4 Å². The number of aliphatic hydroxyl groups excluding tert-OH is 2. The number of likely N-dealkylation sites (N-methyl/N-ethyl adjacent to an activating group) is 1. The summed E-state index contributed by atoms with van der Waals surface area (Å²) in [7, 11) is 4.21. The number of anilines is 1. The fourth-order valence-corrected chi connectivity index (χ4v) is 9.38. The zero-order chi connectivity index (χ0) is 53.2. The molecule has 76 heavy (non-hydrogen) atoms. The number of aromatic nitrogens is 2. The number of carbonyl (C=O) groups is 3. The normalized spacial score (nSPS) is 19.1. The first kappa shape index (κ1) is 61.6. The van der Waals surface area contributed by atoms with Gasteiger partial charge in [0.05, 0.1) is 27.7 Å². The Morgan fingerprint density at radius 1 is 0.803 bits per heavy atom. The van der Waals surface area contributed by atoms with Gasteiger partial charge in [-0.3, -0.25) is 44.8 Å². The number of ketones is 2. The Bertz CT molecular complexity index is 3000. The van der Waals surface area contributed by atoms with Crippen molar-refractivity contribution >= 4 is 84.8 Å².